The third-order valence-corrected chi connectivity index (χ3v) is 2.93. The molecule has 0 saturated heterocycles. The number of benzene rings is 1. The molecule has 3 rings (SSSR count). The standard InChI is InChI=1S/C14H11N3O2/c1-9-2-4-10(5-3-9)12-8-11(14(18)19)16-13-6-7-15-17(12)13/h2-8H,1H3,(H,18,19). The van der Waals surface area contributed by atoms with Crippen LogP contribution in [0, 0.1) is 6.92 Å². The van der Waals surface area contributed by atoms with Crippen LogP contribution >= 0.6 is 0 Å². The molecule has 94 valence electrons. The van der Waals surface area contributed by atoms with Gasteiger partial charge in [0.15, 0.2) is 11.3 Å². The number of carboxylic acid groups (broad SMARTS) is 1. The first kappa shape index (κ1) is 11.4. The molecule has 0 aliphatic rings. The highest BCUT2D eigenvalue weighted by Gasteiger charge is 2.12. The van der Waals surface area contributed by atoms with Crippen molar-refractivity contribution in [2.45, 2.75) is 6.92 Å². The van der Waals surface area contributed by atoms with Gasteiger partial charge in [-0.15, -0.1) is 0 Å². The Morgan fingerprint density at radius 3 is 2.63 bits per heavy atom. The lowest BCUT2D eigenvalue weighted by Crippen LogP contribution is -2.05. The molecule has 5 heteroatoms. The Morgan fingerprint density at radius 2 is 1.95 bits per heavy atom. The van der Waals surface area contributed by atoms with Gasteiger partial charge in [-0.25, -0.2) is 14.3 Å². The zero-order valence-electron chi connectivity index (χ0n) is 10.2. The minimum absolute atomic E-state index is 0.0172. The van der Waals surface area contributed by atoms with Crippen LogP contribution in [0.1, 0.15) is 16.1 Å². The predicted octanol–water partition coefficient (Wildman–Crippen LogP) is 2.40. The van der Waals surface area contributed by atoms with Crippen LogP contribution in [-0.4, -0.2) is 25.7 Å². The topological polar surface area (TPSA) is 67.5 Å². The molecule has 0 aliphatic carbocycles. The molecule has 3 aromatic rings. The first-order valence-electron chi connectivity index (χ1n) is 5.80. The number of aromatic nitrogens is 3. The van der Waals surface area contributed by atoms with E-state index in [-0.39, 0.29) is 5.69 Å². The Labute approximate surface area is 109 Å². The summed E-state index contributed by atoms with van der Waals surface area (Å²) < 4.78 is 1.64. The maximum atomic E-state index is 11.1. The number of aryl methyl sites for hydroxylation is 1. The molecule has 0 saturated carbocycles. The summed E-state index contributed by atoms with van der Waals surface area (Å²) in [5.41, 5.74) is 3.31. The van der Waals surface area contributed by atoms with Crippen molar-refractivity contribution >= 4 is 11.6 Å². The molecule has 0 fully saturated rings. The zero-order chi connectivity index (χ0) is 13.4. The van der Waals surface area contributed by atoms with Crippen molar-refractivity contribution < 1.29 is 9.90 Å². The van der Waals surface area contributed by atoms with Crippen LogP contribution < -0.4 is 0 Å². The highest BCUT2D eigenvalue weighted by molar-refractivity contribution is 5.87. The van der Waals surface area contributed by atoms with Crippen molar-refractivity contribution in [2.75, 3.05) is 0 Å². The van der Waals surface area contributed by atoms with E-state index in [4.69, 9.17) is 5.11 Å². The molecule has 1 N–H and O–H groups in total. The molecule has 0 atom stereocenters. The maximum absolute atomic E-state index is 11.1. The number of hydrogen-bond donors (Lipinski definition) is 1. The Bertz CT molecular complexity index is 760. The summed E-state index contributed by atoms with van der Waals surface area (Å²) in [7, 11) is 0. The van der Waals surface area contributed by atoms with Crippen molar-refractivity contribution in [2.24, 2.45) is 0 Å². The number of rotatable bonds is 2. The molecule has 0 amide bonds. The van der Waals surface area contributed by atoms with Crippen LogP contribution in [0.15, 0.2) is 42.6 Å². The fourth-order valence-corrected chi connectivity index (χ4v) is 1.95. The van der Waals surface area contributed by atoms with Crippen molar-refractivity contribution in [3.63, 3.8) is 0 Å². The quantitative estimate of drug-likeness (QED) is 0.761. The van der Waals surface area contributed by atoms with Crippen LogP contribution in [0.2, 0.25) is 0 Å². The van der Waals surface area contributed by atoms with Gasteiger partial charge >= 0.3 is 5.97 Å². The van der Waals surface area contributed by atoms with Gasteiger partial charge in [0, 0.05) is 11.6 Å². The molecule has 1 aromatic carbocycles. The van der Waals surface area contributed by atoms with Crippen LogP contribution in [0.3, 0.4) is 0 Å². The molecular weight excluding hydrogens is 242 g/mol. The number of nitrogens with zero attached hydrogens (tertiary/aromatic N) is 3. The van der Waals surface area contributed by atoms with E-state index < -0.39 is 5.97 Å². The van der Waals surface area contributed by atoms with Crippen molar-refractivity contribution in [1.29, 1.82) is 0 Å². The third kappa shape index (κ3) is 1.95. The fourth-order valence-electron chi connectivity index (χ4n) is 1.95. The molecule has 5 nitrogen and oxygen atoms in total. The SMILES string of the molecule is Cc1ccc(-c2cc(C(=O)O)nc3ccnn23)cc1. The lowest BCUT2D eigenvalue weighted by atomic mass is 10.1. The van der Waals surface area contributed by atoms with Crippen LogP contribution in [0.5, 0.6) is 0 Å². The summed E-state index contributed by atoms with van der Waals surface area (Å²) in [5, 5.41) is 13.3. The maximum Gasteiger partial charge on any atom is 0.354 e. The Morgan fingerprint density at radius 1 is 1.21 bits per heavy atom. The minimum Gasteiger partial charge on any atom is -0.477 e. The van der Waals surface area contributed by atoms with E-state index in [1.165, 1.54) is 6.07 Å². The number of carboxylic acids is 1. The number of hydrogen-bond acceptors (Lipinski definition) is 3. The van der Waals surface area contributed by atoms with Crippen molar-refractivity contribution in [3.05, 3.63) is 53.9 Å². The second-order valence-electron chi connectivity index (χ2n) is 4.30. The van der Waals surface area contributed by atoms with Crippen LogP contribution in [0.4, 0.5) is 0 Å². The van der Waals surface area contributed by atoms with E-state index in [0.717, 1.165) is 11.1 Å². The lowest BCUT2D eigenvalue weighted by Gasteiger charge is -2.06. The van der Waals surface area contributed by atoms with E-state index in [2.05, 4.69) is 10.1 Å². The minimum atomic E-state index is -1.04. The normalized spacial score (nSPS) is 10.8. The summed E-state index contributed by atoms with van der Waals surface area (Å²) in [4.78, 5) is 15.2. The largest absolute Gasteiger partial charge is 0.477 e. The van der Waals surface area contributed by atoms with E-state index >= 15 is 0 Å². The van der Waals surface area contributed by atoms with Crippen molar-refractivity contribution in [1.82, 2.24) is 14.6 Å². The van der Waals surface area contributed by atoms with E-state index in [1.54, 1.807) is 16.8 Å². The Balaban J connectivity index is 2.29. The van der Waals surface area contributed by atoms with Gasteiger partial charge in [0.2, 0.25) is 0 Å². The predicted molar refractivity (Wildman–Crippen MR) is 70.1 cm³/mol. The van der Waals surface area contributed by atoms with Crippen LogP contribution in [0.25, 0.3) is 16.9 Å². The Hall–Kier alpha value is -2.69. The third-order valence-electron chi connectivity index (χ3n) is 2.93. The van der Waals surface area contributed by atoms with Gasteiger partial charge in [-0.2, -0.15) is 5.10 Å². The summed E-state index contributed by atoms with van der Waals surface area (Å²) in [6, 6.07) is 11.1. The number of carbonyl (C=O) groups is 1. The van der Waals surface area contributed by atoms with Gasteiger partial charge in [0.05, 0.1) is 11.9 Å². The summed E-state index contributed by atoms with van der Waals surface area (Å²) in [6.07, 6.45) is 1.60. The van der Waals surface area contributed by atoms with E-state index in [1.807, 2.05) is 31.2 Å². The first-order chi connectivity index (χ1) is 9.15. The molecule has 0 aliphatic heterocycles. The van der Waals surface area contributed by atoms with Gasteiger partial charge in [-0.05, 0) is 13.0 Å². The molecule has 2 heterocycles. The summed E-state index contributed by atoms with van der Waals surface area (Å²) >= 11 is 0. The molecule has 0 spiro atoms. The second-order valence-corrected chi connectivity index (χ2v) is 4.30. The smallest absolute Gasteiger partial charge is 0.354 e. The summed E-state index contributed by atoms with van der Waals surface area (Å²) in [6.45, 7) is 2.00. The van der Waals surface area contributed by atoms with E-state index in [9.17, 15) is 4.79 Å². The summed E-state index contributed by atoms with van der Waals surface area (Å²) in [5.74, 6) is -1.04. The molecule has 2 aromatic heterocycles. The molecular formula is C14H11N3O2. The number of aromatic carboxylic acids is 1. The molecule has 0 bridgehead atoms. The lowest BCUT2D eigenvalue weighted by molar-refractivity contribution is 0.0690. The Kier molecular flexibility index (Phi) is 2.52. The number of fused-ring (bicyclic) bond motifs is 1. The van der Waals surface area contributed by atoms with Crippen LogP contribution in [-0.2, 0) is 0 Å². The highest BCUT2D eigenvalue weighted by Crippen LogP contribution is 2.21. The van der Waals surface area contributed by atoms with Gasteiger partial charge in [-0.3, -0.25) is 0 Å². The average molecular weight is 253 g/mol. The first-order valence-corrected chi connectivity index (χ1v) is 5.80. The molecule has 0 radical (unpaired) electrons. The molecule has 0 unspecified atom stereocenters. The second kappa shape index (κ2) is 4.20. The molecule has 19 heavy (non-hydrogen) atoms. The van der Waals surface area contributed by atoms with E-state index in [0.29, 0.717) is 11.3 Å². The zero-order valence-corrected chi connectivity index (χ0v) is 10.2. The van der Waals surface area contributed by atoms with Crippen molar-refractivity contribution in [3.8, 4) is 11.3 Å². The average Bonchev–Trinajstić information content (AvgIpc) is 2.86. The van der Waals surface area contributed by atoms with Gasteiger partial charge < -0.3 is 5.11 Å². The van der Waals surface area contributed by atoms with Gasteiger partial charge in [0.25, 0.3) is 0 Å². The highest BCUT2D eigenvalue weighted by atomic mass is 16.4. The fraction of sp³-hybridized carbons (Fsp3) is 0.0714. The van der Waals surface area contributed by atoms with Gasteiger partial charge in [0.1, 0.15) is 0 Å². The van der Waals surface area contributed by atoms with Gasteiger partial charge in [-0.1, -0.05) is 29.8 Å². The monoisotopic (exact) mass is 253 g/mol.